The van der Waals surface area contributed by atoms with Gasteiger partial charge in [-0.05, 0) is 38.1 Å². The first kappa shape index (κ1) is 15.7. The first-order chi connectivity index (χ1) is 11.0. The molecule has 1 aromatic heterocycles. The summed E-state index contributed by atoms with van der Waals surface area (Å²) < 4.78 is 5.40. The van der Waals surface area contributed by atoms with Crippen molar-refractivity contribution in [1.29, 1.82) is 0 Å². The van der Waals surface area contributed by atoms with Crippen molar-refractivity contribution in [1.82, 2.24) is 4.90 Å². The molecule has 0 radical (unpaired) electrons. The molecule has 0 unspecified atom stereocenters. The number of benzene rings is 1. The molecule has 1 aromatic carbocycles. The minimum absolute atomic E-state index is 0.154. The molecular weight excluding hydrogens is 292 g/mol. The Kier molecular flexibility index (Phi) is 4.22. The van der Waals surface area contributed by atoms with Crippen LogP contribution in [-0.2, 0) is 0 Å². The van der Waals surface area contributed by atoms with Crippen LogP contribution in [0.5, 0.6) is 0 Å². The van der Waals surface area contributed by atoms with E-state index >= 15 is 0 Å². The molecule has 0 spiro atoms. The molecule has 1 saturated heterocycles. The van der Waals surface area contributed by atoms with E-state index in [1.165, 1.54) is 6.92 Å². The molecule has 5 heteroatoms. The second-order valence-electron chi connectivity index (χ2n) is 6.05. The normalized spacial score (nSPS) is 16.0. The maximum absolute atomic E-state index is 12.1. The number of carbonyl (C=O) groups is 1. The van der Waals surface area contributed by atoms with Crippen LogP contribution in [0.2, 0.25) is 0 Å². The number of Topliss-reactive ketones (excluding diaryl/α,β-unsaturated/α-hetero) is 1. The van der Waals surface area contributed by atoms with Crippen LogP contribution in [0.3, 0.4) is 0 Å². The summed E-state index contributed by atoms with van der Waals surface area (Å²) in [6.45, 7) is 10.5. The SMILES string of the molecule is CCN1CCN(c2ccc3c(C)c(C(C)=O)c(=O)oc3c2)CC1. The van der Waals surface area contributed by atoms with Gasteiger partial charge in [0, 0.05) is 43.3 Å². The maximum Gasteiger partial charge on any atom is 0.347 e. The van der Waals surface area contributed by atoms with E-state index in [0.717, 1.165) is 43.8 Å². The van der Waals surface area contributed by atoms with E-state index in [4.69, 9.17) is 4.42 Å². The van der Waals surface area contributed by atoms with Gasteiger partial charge in [0.05, 0.1) is 0 Å². The number of piperazine rings is 1. The van der Waals surface area contributed by atoms with Crippen LogP contribution in [0.25, 0.3) is 11.0 Å². The lowest BCUT2D eigenvalue weighted by atomic mass is 10.0. The van der Waals surface area contributed by atoms with Crippen molar-refractivity contribution in [2.24, 2.45) is 0 Å². The quantitative estimate of drug-likeness (QED) is 0.643. The molecule has 122 valence electrons. The fraction of sp³-hybridized carbons (Fsp3) is 0.444. The van der Waals surface area contributed by atoms with Crippen molar-refractivity contribution < 1.29 is 9.21 Å². The Morgan fingerprint density at radius 3 is 2.52 bits per heavy atom. The minimum Gasteiger partial charge on any atom is -0.422 e. The lowest BCUT2D eigenvalue weighted by Crippen LogP contribution is -2.46. The van der Waals surface area contributed by atoms with Crippen molar-refractivity contribution >= 4 is 22.4 Å². The van der Waals surface area contributed by atoms with E-state index in [2.05, 4.69) is 16.7 Å². The average Bonchev–Trinajstić information content (AvgIpc) is 2.54. The van der Waals surface area contributed by atoms with E-state index in [1.54, 1.807) is 6.92 Å². The standard InChI is InChI=1S/C18H22N2O3/c1-4-19-7-9-20(10-8-19)14-5-6-15-12(2)17(13(3)21)18(22)23-16(15)11-14/h5-6,11H,4,7-10H2,1-3H3. The van der Waals surface area contributed by atoms with E-state index < -0.39 is 5.63 Å². The molecule has 0 amide bonds. The molecule has 0 bridgehead atoms. The summed E-state index contributed by atoms with van der Waals surface area (Å²) in [6.07, 6.45) is 0. The number of nitrogens with zero attached hydrogens (tertiary/aromatic N) is 2. The number of hydrogen-bond acceptors (Lipinski definition) is 5. The third-order valence-corrected chi connectivity index (χ3v) is 4.69. The average molecular weight is 314 g/mol. The molecule has 0 saturated carbocycles. The number of anilines is 1. The van der Waals surface area contributed by atoms with Crippen molar-refractivity contribution in [3.05, 3.63) is 39.7 Å². The molecule has 1 aliphatic heterocycles. The summed E-state index contributed by atoms with van der Waals surface area (Å²) in [5, 5.41) is 0.825. The molecule has 2 aromatic rings. The number of aryl methyl sites for hydroxylation is 1. The van der Waals surface area contributed by atoms with Gasteiger partial charge in [-0.15, -0.1) is 0 Å². The molecule has 0 aliphatic carbocycles. The van der Waals surface area contributed by atoms with Crippen molar-refractivity contribution in [3.63, 3.8) is 0 Å². The zero-order valence-electron chi connectivity index (χ0n) is 13.9. The fourth-order valence-corrected chi connectivity index (χ4v) is 3.27. The summed E-state index contributed by atoms with van der Waals surface area (Å²) in [4.78, 5) is 28.4. The molecule has 0 N–H and O–H groups in total. The number of rotatable bonds is 3. The smallest absolute Gasteiger partial charge is 0.347 e. The Morgan fingerprint density at radius 1 is 1.22 bits per heavy atom. The Balaban J connectivity index is 1.99. The van der Waals surface area contributed by atoms with Crippen molar-refractivity contribution in [2.45, 2.75) is 20.8 Å². The van der Waals surface area contributed by atoms with Gasteiger partial charge in [0.1, 0.15) is 11.1 Å². The summed E-state index contributed by atoms with van der Waals surface area (Å²) in [7, 11) is 0. The maximum atomic E-state index is 12.1. The number of carbonyl (C=O) groups excluding carboxylic acids is 1. The topological polar surface area (TPSA) is 53.8 Å². The zero-order chi connectivity index (χ0) is 16.6. The summed E-state index contributed by atoms with van der Waals surface area (Å²) >= 11 is 0. The Bertz CT molecular complexity index is 802. The molecule has 23 heavy (non-hydrogen) atoms. The summed E-state index contributed by atoms with van der Waals surface area (Å²) in [5.41, 5.74) is 1.92. The third kappa shape index (κ3) is 2.88. The number of likely N-dealkylation sites (N-methyl/N-ethyl adjacent to an activating group) is 1. The predicted molar refractivity (Wildman–Crippen MR) is 91.6 cm³/mol. The van der Waals surface area contributed by atoms with Crippen LogP contribution >= 0.6 is 0 Å². The monoisotopic (exact) mass is 314 g/mol. The van der Waals surface area contributed by atoms with Crippen molar-refractivity contribution in [2.75, 3.05) is 37.6 Å². The van der Waals surface area contributed by atoms with Crippen LogP contribution in [0.4, 0.5) is 5.69 Å². The zero-order valence-corrected chi connectivity index (χ0v) is 13.9. The second kappa shape index (κ2) is 6.16. The first-order valence-electron chi connectivity index (χ1n) is 8.07. The van der Waals surface area contributed by atoms with Crippen molar-refractivity contribution in [3.8, 4) is 0 Å². The largest absolute Gasteiger partial charge is 0.422 e. The highest BCUT2D eigenvalue weighted by Crippen LogP contribution is 2.26. The number of fused-ring (bicyclic) bond motifs is 1. The van der Waals surface area contributed by atoms with Crippen LogP contribution in [0.15, 0.2) is 27.4 Å². The molecule has 1 aliphatic rings. The third-order valence-electron chi connectivity index (χ3n) is 4.69. The molecule has 3 rings (SSSR count). The lowest BCUT2D eigenvalue weighted by Gasteiger charge is -2.35. The fourth-order valence-electron chi connectivity index (χ4n) is 3.27. The second-order valence-corrected chi connectivity index (χ2v) is 6.05. The van der Waals surface area contributed by atoms with E-state index in [1.807, 2.05) is 18.2 Å². The van der Waals surface area contributed by atoms with Gasteiger partial charge in [-0.3, -0.25) is 4.79 Å². The van der Waals surface area contributed by atoms with E-state index in [9.17, 15) is 9.59 Å². The summed E-state index contributed by atoms with van der Waals surface area (Å²) in [5.74, 6) is -0.252. The van der Waals surface area contributed by atoms with Gasteiger partial charge in [0.25, 0.3) is 0 Å². The Hall–Kier alpha value is -2.14. The summed E-state index contributed by atoms with van der Waals surface area (Å²) in [6, 6.07) is 5.90. The molecule has 0 atom stereocenters. The predicted octanol–water partition coefficient (Wildman–Crippen LogP) is 2.45. The lowest BCUT2D eigenvalue weighted by molar-refractivity contribution is 0.101. The molecular formula is C18H22N2O3. The van der Waals surface area contributed by atoms with Gasteiger partial charge in [-0.25, -0.2) is 4.79 Å². The number of ketones is 1. The van der Waals surface area contributed by atoms with Crippen LogP contribution < -0.4 is 10.5 Å². The number of hydrogen-bond donors (Lipinski definition) is 0. The van der Waals surface area contributed by atoms with Gasteiger partial charge in [-0.2, -0.15) is 0 Å². The Morgan fingerprint density at radius 2 is 1.91 bits per heavy atom. The van der Waals surface area contributed by atoms with Gasteiger partial charge < -0.3 is 14.2 Å². The highest BCUT2D eigenvalue weighted by Gasteiger charge is 2.18. The highest BCUT2D eigenvalue weighted by molar-refractivity contribution is 5.99. The molecule has 1 fully saturated rings. The van der Waals surface area contributed by atoms with Crippen LogP contribution in [0.1, 0.15) is 29.8 Å². The van der Waals surface area contributed by atoms with Crippen LogP contribution in [-0.4, -0.2) is 43.4 Å². The molecule has 2 heterocycles. The van der Waals surface area contributed by atoms with E-state index in [0.29, 0.717) is 11.1 Å². The van der Waals surface area contributed by atoms with E-state index in [-0.39, 0.29) is 11.3 Å². The first-order valence-corrected chi connectivity index (χ1v) is 8.07. The van der Waals surface area contributed by atoms with Gasteiger partial charge in [0.15, 0.2) is 5.78 Å². The van der Waals surface area contributed by atoms with Gasteiger partial charge in [-0.1, -0.05) is 6.92 Å². The highest BCUT2D eigenvalue weighted by atomic mass is 16.4. The van der Waals surface area contributed by atoms with Gasteiger partial charge >= 0.3 is 5.63 Å². The van der Waals surface area contributed by atoms with Crippen LogP contribution in [0, 0.1) is 6.92 Å². The molecule has 5 nitrogen and oxygen atoms in total. The minimum atomic E-state index is -0.546. The van der Waals surface area contributed by atoms with Gasteiger partial charge in [0.2, 0.25) is 0 Å². The Labute approximate surface area is 135 Å².